The maximum atomic E-state index is 12.3. The van der Waals surface area contributed by atoms with Gasteiger partial charge in [-0.1, -0.05) is 24.3 Å². The number of carbonyl (C=O) groups excluding carboxylic acids is 2. The van der Waals surface area contributed by atoms with E-state index in [-0.39, 0.29) is 11.8 Å². The van der Waals surface area contributed by atoms with Crippen LogP contribution >= 0.6 is 11.8 Å². The van der Waals surface area contributed by atoms with Crippen LogP contribution in [0, 0.1) is 0 Å². The maximum Gasteiger partial charge on any atom is 0.252 e. The van der Waals surface area contributed by atoms with Crippen LogP contribution in [-0.4, -0.2) is 62.9 Å². The van der Waals surface area contributed by atoms with Gasteiger partial charge in [0.15, 0.2) is 0 Å². The Labute approximate surface area is 200 Å². The van der Waals surface area contributed by atoms with Crippen LogP contribution in [0.15, 0.2) is 58.7 Å². The highest BCUT2D eigenvalue weighted by molar-refractivity contribution is 8.01. The highest BCUT2D eigenvalue weighted by Crippen LogP contribution is 2.18. The number of amides is 2. The third-order valence-electron chi connectivity index (χ3n) is 4.74. The summed E-state index contributed by atoms with van der Waals surface area (Å²) < 4.78 is 0. The second-order valence-electron chi connectivity index (χ2n) is 7.86. The van der Waals surface area contributed by atoms with Crippen LogP contribution in [-0.2, 0) is 9.59 Å². The molecule has 0 aliphatic carbocycles. The first-order valence-corrected chi connectivity index (χ1v) is 11.5. The molecule has 2 amide bonds. The fourth-order valence-corrected chi connectivity index (χ4v) is 3.63. The first kappa shape index (κ1) is 25.9. The molecule has 0 fully saturated rings. The molecule has 2 atom stereocenters. The lowest BCUT2D eigenvalue weighted by Gasteiger charge is -2.14. The summed E-state index contributed by atoms with van der Waals surface area (Å²) in [6.45, 7) is 3.47. The van der Waals surface area contributed by atoms with Crippen LogP contribution in [0.2, 0.25) is 0 Å². The number of hydrogen-bond acceptors (Lipinski definition) is 7. The molecule has 0 saturated heterocycles. The van der Waals surface area contributed by atoms with Gasteiger partial charge >= 0.3 is 0 Å². The van der Waals surface area contributed by atoms with Crippen molar-refractivity contribution < 1.29 is 9.59 Å². The molecule has 0 spiro atoms. The van der Waals surface area contributed by atoms with Gasteiger partial charge in [-0.15, -0.1) is 11.8 Å². The van der Waals surface area contributed by atoms with Gasteiger partial charge < -0.3 is 9.80 Å². The van der Waals surface area contributed by atoms with E-state index in [4.69, 9.17) is 0 Å². The first-order valence-electron chi connectivity index (χ1n) is 10.5. The SMILES string of the molecule is C[C@H](S[C@@H](C)C(=O)N/N=C/c1ccc(N(C)C)cc1)C(=O)N/N=C\c1ccc(N(C)C)cc1. The van der Waals surface area contributed by atoms with E-state index in [1.54, 1.807) is 26.3 Å². The number of rotatable bonds is 10. The molecule has 0 unspecified atom stereocenters. The number of hydrazone groups is 2. The normalized spacial score (nSPS) is 13.0. The molecule has 2 rings (SSSR count). The molecular formula is C24H32N6O2S. The molecule has 176 valence electrons. The van der Waals surface area contributed by atoms with Crippen molar-refractivity contribution in [2.24, 2.45) is 10.2 Å². The lowest BCUT2D eigenvalue weighted by Crippen LogP contribution is -2.33. The van der Waals surface area contributed by atoms with Crippen LogP contribution in [0.1, 0.15) is 25.0 Å². The Morgan fingerprint density at radius 2 is 1.06 bits per heavy atom. The summed E-state index contributed by atoms with van der Waals surface area (Å²) >= 11 is 1.24. The van der Waals surface area contributed by atoms with E-state index in [0.717, 1.165) is 22.5 Å². The number of anilines is 2. The van der Waals surface area contributed by atoms with Crippen molar-refractivity contribution in [1.82, 2.24) is 10.9 Å². The third-order valence-corrected chi connectivity index (χ3v) is 5.99. The predicted octanol–water partition coefficient (Wildman–Crippen LogP) is 2.93. The molecule has 0 aromatic heterocycles. The summed E-state index contributed by atoms with van der Waals surface area (Å²) in [6.07, 6.45) is 3.18. The summed E-state index contributed by atoms with van der Waals surface area (Å²) in [6, 6.07) is 15.6. The van der Waals surface area contributed by atoms with Crippen molar-refractivity contribution in [3.8, 4) is 0 Å². The van der Waals surface area contributed by atoms with Crippen molar-refractivity contribution in [2.45, 2.75) is 24.3 Å². The van der Waals surface area contributed by atoms with Crippen molar-refractivity contribution in [2.75, 3.05) is 38.0 Å². The minimum atomic E-state index is -0.457. The summed E-state index contributed by atoms with van der Waals surface area (Å²) in [5, 5.41) is 7.11. The van der Waals surface area contributed by atoms with Gasteiger partial charge in [0, 0.05) is 39.6 Å². The minimum Gasteiger partial charge on any atom is -0.378 e. The van der Waals surface area contributed by atoms with Crippen LogP contribution in [0.3, 0.4) is 0 Å². The molecule has 8 nitrogen and oxygen atoms in total. The highest BCUT2D eigenvalue weighted by Gasteiger charge is 2.21. The van der Waals surface area contributed by atoms with Crippen molar-refractivity contribution in [1.29, 1.82) is 0 Å². The molecule has 0 radical (unpaired) electrons. The van der Waals surface area contributed by atoms with Gasteiger partial charge in [-0.2, -0.15) is 10.2 Å². The van der Waals surface area contributed by atoms with Gasteiger partial charge in [0.2, 0.25) is 0 Å². The molecule has 2 N–H and O–H groups in total. The predicted molar refractivity (Wildman–Crippen MR) is 140 cm³/mol. The Balaban J connectivity index is 1.77. The van der Waals surface area contributed by atoms with E-state index < -0.39 is 10.5 Å². The summed E-state index contributed by atoms with van der Waals surface area (Å²) in [7, 11) is 7.89. The van der Waals surface area contributed by atoms with Crippen LogP contribution < -0.4 is 20.7 Å². The second-order valence-corrected chi connectivity index (χ2v) is 9.55. The number of thioether (sulfide) groups is 1. The average Bonchev–Trinajstić information content (AvgIpc) is 2.79. The average molecular weight is 469 g/mol. The summed E-state index contributed by atoms with van der Waals surface area (Å²) in [5.74, 6) is -0.546. The largest absolute Gasteiger partial charge is 0.378 e. The molecule has 0 aliphatic heterocycles. The summed E-state index contributed by atoms with van der Waals surface area (Å²) in [4.78, 5) is 28.6. The van der Waals surface area contributed by atoms with E-state index in [1.165, 1.54) is 11.8 Å². The number of nitrogens with zero attached hydrogens (tertiary/aromatic N) is 4. The Kier molecular flexibility index (Phi) is 9.93. The molecule has 2 aromatic carbocycles. The highest BCUT2D eigenvalue weighted by atomic mass is 32.2. The second kappa shape index (κ2) is 12.6. The van der Waals surface area contributed by atoms with E-state index in [0.29, 0.717) is 0 Å². The van der Waals surface area contributed by atoms with Crippen molar-refractivity contribution in [3.05, 3.63) is 59.7 Å². The van der Waals surface area contributed by atoms with E-state index in [1.807, 2.05) is 86.5 Å². The Hall–Kier alpha value is -3.33. The molecule has 2 aromatic rings. The molecule has 0 bridgehead atoms. The monoisotopic (exact) mass is 468 g/mol. The quantitative estimate of drug-likeness (QED) is 0.413. The fourth-order valence-electron chi connectivity index (χ4n) is 2.67. The summed E-state index contributed by atoms with van der Waals surface area (Å²) in [5.41, 5.74) is 8.97. The molecule has 0 heterocycles. The number of hydrogen-bond donors (Lipinski definition) is 2. The molecule has 0 aliphatic rings. The van der Waals surface area contributed by atoms with Gasteiger partial charge in [-0.25, -0.2) is 10.9 Å². The topological polar surface area (TPSA) is 89.4 Å². The zero-order chi connectivity index (χ0) is 24.4. The number of benzene rings is 2. The molecule has 0 saturated carbocycles. The number of carbonyl (C=O) groups is 2. The zero-order valence-electron chi connectivity index (χ0n) is 19.9. The van der Waals surface area contributed by atoms with Gasteiger partial charge in [-0.05, 0) is 49.2 Å². The maximum absolute atomic E-state index is 12.3. The van der Waals surface area contributed by atoms with Crippen molar-refractivity contribution >= 4 is 47.4 Å². The first-order chi connectivity index (χ1) is 15.7. The lowest BCUT2D eigenvalue weighted by molar-refractivity contribution is -0.120. The Morgan fingerprint density at radius 1 is 0.727 bits per heavy atom. The van der Waals surface area contributed by atoms with Crippen molar-refractivity contribution in [3.63, 3.8) is 0 Å². The van der Waals surface area contributed by atoms with Gasteiger partial charge in [0.1, 0.15) is 0 Å². The van der Waals surface area contributed by atoms with E-state index in [9.17, 15) is 9.59 Å². The minimum absolute atomic E-state index is 0.273. The molecule has 33 heavy (non-hydrogen) atoms. The smallest absolute Gasteiger partial charge is 0.252 e. The third kappa shape index (κ3) is 8.61. The Morgan fingerprint density at radius 3 is 1.36 bits per heavy atom. The van der Waals surface area contributed by atoms with Gasteiger partial charge in [0.05, 0.1) is 22.9 Å². The van der Waals surface area contributed by atoms with Crippen LogP contribution in [0.25, 0.3) is 0 Å². The molecular weight excluding hydrogens is 436 g/mol. The van der Waals surface area contributed by atoms with Gasteiger partial charge in [0.25, 0.3) is 11.8 Å². The Bertz CT molecular complexity index is 892. The number of nitrogens with one attached hydrogen (secondary N) is 2. The van der Waals surface area contributed by atoms with Crippen LogP contribution in [0.4, 0.5) is 11.4 Å². The van der Waals surface area contributed by atoms with Gasteiger partial charge in [-0.3, -0.25) is 9.59 Å². The zero-order valence-corrected chi connectivity index (χ0v) is 20.8. The van der Waals surface area contributed by atoms with E-state index in [2.05, 4.69) is 21.1 Å². The lowest BCUT2D eigenvalue weighted by atomic mass is 10.2. The van der Waals surface area contributed by atoms with E-state index >= 15 is 0 Å². The fraction of sp³-hybridized carbons (Fsp3) is 0.333. The molecule has 9 heteroatoms. The standard InChI is InChI=1S/C24H32N6O2S/c1-17(23(31)27-25-15-19-7-11-21(12-8-19)29(3)4)33-18(2)24(32)28-26-16-20-9-13-22(14-10-20)30(5)6/h7-18H,1-6H3,(H,27,31)(H,28,32)/b25-15-,26-16+/t17-,18-/m0/s1. The van der Waals surface area contributed by atoms with Crippen LogP contribution in [0.5, 0.6) is 0 Å².